The van der Waals surface area contributed by atoms with Gasteiger partial charge >= 0.3 is 0 Å². The number of hydrogen-bond acceptors (Lipinski definition) is 4. The van der Waals surface area contributed by atoms with Gasteiger partial charge in [-0.1, -0.05) is 18.2 Å². The Labute approximate surface area is 158 Å². The van der Waals surface area contributed by atoms with E-state index in [0.29, 0.717) is 17.1 Å². The van der Waals surface area contributed by atoms with E-state index >= 15 is 0 Å². The predicted octanol–water partition coefficient (Wildman–Crippen LogP) is 4.73. The summed E-state index contributed by atoms with van der Waals surface area (Å²) in [5, 5.41) is 2.84. The van der Waals surface area contributed by atoms with Gasteiger partial charge in [-0.2, -0.15) is 0 Å². The number of hydrogen-bond donors (Lipinski definition) is 1. The maximum Gasteiger partial charge on any atom is 0.256 e. The zero-order chi connectivity index (χ0) is 18.5. The highest BCUT2D eigenvalue weighted by atomic mass is 16.5. The Bertz CT molecular complexity index is 887. The first-order valence-electron chi connectivity index (χ1n) is 9.13. The van der Waals surface area contributed by atoms with E-state index in [1.807, 2.05) is 48.7 Å². The van der Waals surface area contributed by atoms with E-state index in [1.165, 1.54) is 12.8 Å². The SMILES string of the molecule is O=C(Nc1ccc(N2CCCC2)cn1)c1ccc(Oc2ccccc2)cc1. The fourth-order valence-corrected chi connectivity index (χ4v) is 3.11. The molecule has 1 saturated heterocycles. The van der Waals surface area contributed by atoms with Crippen LogP contribution in [0.25, 0.3) is 0 Å². The number of pyridine rings is 1. The quantitative estimate of drug-likeness (QED) is 0.716. The van der Waals surface area contributed by atoms with Gasteiger partial charge in [0.2, 0.25) is 0 Å². The summed E-state index contributed by atoms with van der Waals surface area (Å²) in [5.74, 6) is 1.80. The van der Waals surface area contributed by atoms with Gasteiger partial charge in [0.25, 0.3) is 5.91 Å². The minimum Gasteiger partial charge on any atom is -0.457 e. The van der Waals surface area contributed by atoms with E-state index in [9.17, 15) is 4.79 Å². The lowest BCUT2D eigenvalue weighted by Gasteiger charge is -2.17. The normalized spacial score (nSPS) is 13.4. The van der Waals surface area contributed by atoms with Crippen molar-refractivity contribution < 1.29 is 9.53 Å². The maximum atomic E-state index is 12.4. The number of aromatic nitrogens is 1. The molecule has 2 heterocycles. The van der Waals surface area contributed by atoms with Crippen LogP contribution in [0.15, 0.2) is 72.9 Å². The summed E-state index contributed by atoms with van der Waals surface area (Å²) in [4.78, 5) is 19.1. The summed E-state index contributed by atoms with van der Waals surface area (Å²) in [6, 6.07) is 20.4. The highest BCUT2D eigenvalue weighted by molar-refractivity contribution is 6.03. The monoisotopic (exact) mass is 359 g/mol. The second kappa shape index (κ2) is 7.91. The molecule has 5 heteroatoms. The molecule has 0 radical (unpaired) electrons. The van der Waals surface area contributed by atoms with Crippen LogP contribution in [0.2, 0.25) is 0 Å². The Morgan fingerprint density at radius 1 is 0.889 bits per heavy atom. The van der Waals surface area contributed by atoms with Crippen molar-refractivity contribution in [2.75, 3.05) is 23.3 Å². The van der Waals surface area contributed by atoms with E-state index in [1.54, 1.807) is 24.3 Å². The number of ether oxygens (including phenoxy) is 1. The van der Waals surface area contributed by atoms with Crippen molar-refractivity contribution in [1.82, 2.24) is 4.98 Å². The average molecular weight is 359 g/mol. The van der Waals surface area contributed by atoms with Crippen LogP contribution in [0, 0.1) is 0 Å². The molecule has 0 unspecified atom stereocenters. The average Bonchev–Trinajstić information content (AvgIpc) is 3.25. The highest BCUT2D eigenvalue weighted by Gasteiger charge is 2.13. The summed E-state index contributed by atoms with van der Waals surface area (Å²) in [6.45, 7) is 2.15. The molecule has 1 N–H and O–H groups in total. The molecule has 1 amide bonds. The minimum absolute atomic E-state index is 0.192. The van der Waals surface area contributed by atoms with Gasteiger partial charge in [-0.15, -0.1) is 0 Å². The molecule has 27 heavy (non-hydrogen) atoms. The van der Waals surface area contributed by atoms with Crippen LogP contribution in [0.1, 0.15) is 23.2 Å². The molecule has 1 aliphatic heterocycles. The van der Waals surface area contributed by atoms with E-state index in [0.717, 1.165) is 24.5 Å². The van der Waals surface area contributed by atoms with Gasteiger partial charge in [0, 0.05) is 18.7 Å². The molecule has 0 bridgehead atoms. The van der Waals surface area contributed by atoms with E-state index in [4.69, 9.17) is 4.74 Å². The van der Waals surface area contributed by atoms with Crippen molar-refractivity contribution in [3.8, 4) is 11.5 Å². The number of anilines is 2. The number of carbonyl (C=O) groups excluding carboxylic acids is 1. The van der Waals surface area contributed by atoms with Gasteiger partial charge in [0.15, 0.2) is 0 Å². The van der Waals surface area contributed by atoms with Crippen molar-refractivity contribution >= 4 is 17.4 Å². The molecule has 4 rings (SSSR count). The molecule has 1 aromatic heterocycles. The number of benzene rings is 2. The zero-order valence-electron chi connectivity index (χ0n) is 15.0. The van der Waals surface area contributed by atoms with Gasteiger partial charge in [-0.05, 0) is 61.4 Å². The molecule has 3 aromatic rings. The Morgan fingerprint density at radius 2 is 1.59 bits per heavy atom. The summed E-state index contributed by atoms with van der Waals surface area (Å²) >= 11 is 0. The molecule has 136 valence electrons. The molecular formula is C22H21N3O2. The molecule has 0 aliphatic carbocycles. The minimum atomic E-state index is -0.192. The van der Waals surface area contributed by atoms with Crippen LogP contribution in [-0.4, -0.2) is 24.0 Å². The van der Waals surface area contributed by atoms with E-state index in [-0.39, 0.29) is 5.91 Å². The predicted molar refractivity (Wildman–Crippen MR) is 107 cm³/mol. The number of nitrogens with one attached hydrogen (secondary N) is 1. The summed E-state index contributed by atoms with van der Waals surface area (Å²) < 4.78 is 5.74. The van der Waals surface area contributed by atoms with Crippen LogP contribution in [0.5, 0.6) is 11.5 Å². The molecule has 0 saturated carbocycles. The summed E-state index contributed by atoms with van der Waals surface area (Å²) in [5.41, 5.74) is 1.66. The van der Waals surface area contributed by atoms with Gasteiger partial charge in [0.05, 0.1) is 11.9 Å². The van der Waals surface area contributed by atoms with Gasteiger partial charge in [-0.25, -0.2) is 4.98 Å². The van der Waals surface area contributed by atoms with Crippen molar-refractivity contribution in [2.24, 2.45) is 0 Å². The van der Waals surface area contributed by atoms with Crippen LogP contribution in [0.4, 0.5) is 11.5 Å². The third-order valence-corrected chi connectivity index (χ3v) is 4.56. The topological polar surface area (TPSA) is 54.5 Å². The summed E-state index contributed by atoms with van der Waals surface area (Å²) in [7, 11) is 0. The number of carbonyl (C=O) groups is 1. The van der Waals surface area contributed by atoms with E-state index < -0.39 is 0 Å². The largest absolute Gasteiger partial charge is 0.457 e. The lowest BCUT2D eigenvalue weighted by atomic mass is 10.2. The Morgan fingerprint density at radius 3 is 2.26 bits per heavy atom. The Kier molecular flexibility index (Phi) is 5.01. The lowest BCUT2D eigenvalue weighted by Crippen LogP contribution is -2.18. The second-order valence-electron chi connectivity index (χ2n) is 6.49. The van der Waals surface area contributed by atoms with Gasteiger partial charge in [0.1, 0.15) is 17.3 Å². The molecule has 1 fully saturated rings. The van der Waals surface area contributed by atoms with Gasteiger partial charge in [-0.3, -0.25) is 4.79 Å². The molecular weight excluding hydrogens is 338 g/mol. The standard InChI is InChI=1S/C22H21N3O2/c26-22(24-21-13-10-18(16-23-21)25-14-4-5-15-25)17-8-11-20(12-9-17)27-19-6-2-1-3-7-19/h1-3,6-13,16H,4-5,14-15H2,(H,23,24,26). The number of para-hydroxylation sites is 1. The Hall–Kier alpha value is -3.34. The van der Waals surface area contributed by atoms with Crippen LogP contribution in [-0.2, 0) is 0 Å². The van der Waals surface area contributed by atoms with Crippen LogP contribution < -0.4 is 15.0 Å². The Balaban J connectivity index is 1.37. The third-order valence-electron chi connectivity index (χ3n) is 4.56. The number of nitrogens with zero attached hydrogens (tertiary/aromatic N) is 2. The van der Waals surface area contributed by atoms with Crippen molar-refractivity contribution in [1.29, 1.82) is 0 Å². The first kappa shape index (κ1) is 17.1. The van der Waals surface area contributed by atoms with Crippen molar-refractivity contribution in [2.45, 2.75) is 12.8 Å². The maximum absolute atomic E-state index is 12.4. The molecule has 0 atom stereocenters. The first-order chi connectivity index (χ1) is 13.3. The second-order valence-corrected chi connectivity index (χ2v) is 6.49. The lowest BCUT2D eigenvalue weighted by molar-refractivity contribution is 0.102. The fraction of sp³-hybridized carbons (Fsp3) is 0.182. The van der Waals surface area contributed by atoms with Crippen molar-refractivity contribution in [3.63, 3.8) is 0 Å². The summed E-state index contributed by atoms with van der Waals surface area (Å²) in [6.07, 6.45) is 4.27. The van der Waals surface area contributed by atoms with Crippen LogP contribution >= 0.6 is 0 Å². The van der Waals surface area contributed by atoms with E-state index in [2.05, 4.69) is 15.2 Å². The molecule has 2 aromatic carbocycles. The van der Waals surface area contributed by atoms with Crippen LogP contribution in [0.3, 0.4) is 0 Å². The zero-order valence-corrected chi connectivity index (χ0v) is 15.0. The highest BCUT2D eigenvalue weighted by Crippen LogP contribution is 2.22. The molecule has 1 aliphatic rings. The number of amides is 1. The van der Waals surface area contributed by atoms with Crippen molar-refractivity contribution in [3.05, 3.63) is 78.5 Å². The van der Waals surface area contributed by atoms with Gasteiger partial charge < -0.3 is 15.0 Å². The number of rotatable bonds is 5. The first-order valence-corrected chi connectivity index (χ1v) is 9.13. The fourth-order valence-electron chi connectivity index (χ4n) is 3.11. The molecule has 5 nitrogen and oxygen atoms in total. The molecule has 0 spiro atoms. The third kappa shape index (κ3) is 4.26. The smallest absolute Gasteiger partial charge is 0.256 e.